The normalized spacial score (nSPS) is 23.8. The van der Waals surface area contributed by atoms with Crippen LogP contribution in [0.3, 0.4) is 0 Å². The molecule has 6 heterocycles. The lowest BCUT2D eigenvalue weighted by Gasteiger charge is -2.37. The maximum Gasteiger partial charge on any atom is 0.324 e. The second kappa shape index (κ2) is 19.6. The van der Waals surface area contributed by atoms with E-state index in [1.807, 2.05) is 45.9 Å². The summed E-state index contributed by atoms with van der Waals surface area (Å²) in [6.45, 7) is 16.0. The number of fused-ring (bicyclic) bond motifs is 6. The van der Waals surface area contributed by atoms with E-state index in [0.717, 1.165) is 44.5 Å². The number of carbonyl (C=O) groups is 5. The van der Waals surface area contributed by atoms with Crippen molar-refractivity contribution in [3.63, 3.8) is 0 Å². The Hall–Kier alpha value is -5.84. The molecule has 3 fully saturated rings. The molecule has 0 aliphatic carbocycles. The molecule has 4 N–H and O–H groups in total. The fourth-order valence-corrected chi connectivity index (χ4v) is 10.7. The standard InChI is InChI=1S/C52H68N8O8/c1-10-58-43-16-15-33-25-38(43)39(46(58)37-13-11-18-53-44(37)31(5)67-9)26-52(6,7)28-68-51(66)40-14-12-19-60(56-40)50(65)41(23-32-21-34(33)24-35(61)22-32)55-47(62)45(29(2)3)57(8)48(63)36-17-20-59(30(36)4)49(64)42-27-54-42/h11,13,15-16,18,21-22,24-25,29-31,36,40-42,45,54,56,61H,10,12,14,17,19-20,23,26-28H2,1-9H3,(H,55,62)/t30-,31-,36-,40-,41-,42+,45?/m0/s1. The molecule has 2 aromatic heterocycles. The average molecular weight is 933 g/mol. The predicted octanol–water partition coefficient (Wildman–Crippen LogP) is 5.14. The lowest BCUT2D eigenvalue weighted by atomic mass is 9.84. The number of aromatic hydroxyl groups is 1. The Kier molecular flexibility index (Phi) is 14.0. The summed E-state index contributed by atoms with van der Waals surface area (Å²) in [5, 5.41) is 19.8. The number of aromatic nitrogens is 2. The molecule has 68 heavy (non-hydrogen) atoms. The molecule has 4 aliphatic heterocycles. The number of phenolic OH excluding ortho intramolecular Hbond substituents is 1. The second-order valence-corrected chi connectivity index (χ2v) is 20.3. The number of rotatable bonds is 10. The number of likely N-dealkylation sites (N-methyl/N-ethyl adjacent to an activating group) is 1. The van der Waals surface area contributed by atoms with Gasteiger partial charge in [0.05, 0.1) is 36.1 Å². The number of aryl methyl sites for hydroxylation is 1. The summed E-state index contributed by atoms with van der Waals surface area (Å²) in [6, 6.07) is 12.0. The first-order valence-corrected chi connectivity index (χ1v) is 24.2. The number of amides is 4. The zero-order valence-electron chi connectivity index (χ0n) is 40.9. The molecule has 0 saturated carbocycles. The number of phenols is 1. The number of pyridine rings is 1. The van der Waals surface area contributed by atoms with Crippen molar-refractivity contribution in [3.8, 4) is 28.1 Å². The molecular formula is C52H68N8O8. The lowest BCUT2D eigenvalue weighted by Crippen LogP contribution is -2.62. The Bertz CT molecular complexity index is 2590. The smallest absolute Gasteiger partial charge is 0.324 e. The number of hydrogen-bond donors (Lipinski definition) is 4. The van der Waals surface area contributed by atoms with E-state index in [-0.39, 0.29) is 61.2 Å². The number of esters is 1. The van der Waals surface area contributed by atoms with Gasteiger partial charge in [-0.15, -0.1) is 0 Å². The van der Waals surface area contributed by atoms with Crippen LogP contribution in [0.25, 0.3) is 33.3 Å². The Morgan fingerprint density at radius 1 is 1.06 bits per heavy atom. The van der Waals surface area contributed by atoms with Crippen molar-refractivity contribution >= 4 is 40.5 Å². The first-order chi connectivity index (χ1) is 32.4. The van der Waals surface area contributed by atoms with Crippen LogP contribution >= 0.6 is 0 Å². The molecule has 6 bridgehead atoms. The van der Waals surface area contributed by atoms with Crippen molar-refractivity contribution in [2.45, 2.75) is 123 Å². The van der Waals surface area contributed by atoms with Crippen molar-refractivity contribution in [3.05, 3.63) is 71.5 Å². The summed E-state index contributed by atoms with van der Waals surface area (Å²) in [4.78, 5) is 78.6. The topological polar surface area (TPSA) is 198 Å². The quantitative estimate of drug-likeness (QED) is 0.121. The van der Waals surface area contributed by atoms with Gasteiger partial charge < -0.3 is 39.6 Å². The first-order valence-electron chi connectivity index (χ1n) is 24.2. The average Bonchev–Trinajstić information content (AvgIpc) is 4.04. The highest BCUT2D eigenvalue weighted by Crippen LogP contribution is 2.42. The predicted molar refractivity (Wildman–Crippen MR) is 258 cm³/mol. The Morgan fingerprint density at radius 2 is 1.82 bits per heavy atom. The molecule has 364 valence electrons. The van der Waals surface area contributed by atoms with Gasteiger partial charge in [0.25, 0.3) is 5.91 Å². The summed E-state index contributed by atoms with van der Waals surface area (Å²) >= 11 is 0. The van der Waals surface area contributed by atoms with E-state index in [0.29, 0.717) is 50.9 Å². The van der Waals surface area contributed by atoms with Gasteiger partial charge in [0.2, 0.25) is 17.7 Å². The van der Waals surface area contributed by atoms with E-state index in [4.69, 9.17) is 14.5 Å². The second-order valence-electron chi connectivity index (χ2n) is 20.3. The van der Waals surface area contributed by atoms with Gasteiger partial charge in [-0.1, -0.05) is 39.8 Å². The van der Waals surface area contributed by atoms with E-state index in [1.54, 1.807) is 37.4 Å². The summed E-state index contributed by atoms with van der Waals surface area (Å²) in [6.07, 6.45) is 3.46. The maximum absolute atomic E-state index is 14.8. The van der Waals surface area contributed by atoms with Crippen LogP contribution in [-0.4, -0.2) is 130 Å². The fourth-order valence-electron chi connectivity index (χ4n) is 10.7. The highest BCUT2D eigenvalue weighted by Gasteiger charge is 2.46. The Morgan fingerprint density at radius 3 is 2.53 bits per heavy atom. The molecule has 4 aliphatic rings. The van der Waals surface area contributed by atoms with Crippen LogP contribution in [0.5, 0.6) is 5.75 Å². The molecule has 4 aromatic rings. The zero-order chi connectivity index (χ0) is 48.8. The molecule has 16 nitrogen and oxygen atoms in total. The van der Waals surface area contributed by atoms with Gasteiger partial charge in [-0.2, -0.15) is 0 Å². The number of carbonyl (C=O) groups excluding carboxylic acids is 5. The summed E-state index contributed by atoms with van der Waals surface area (Å²) in [5.41, 5.74) is 9.57. The maximum atomic E-state index is 14.8. The minimum Gasteiger partial charge on any atom is -0.508 e. The van der Waals surface area contributed by atoms with E-state index in [1.165, 1.54) is 9.91 Å². The van der Waals surface area contributed by atoms with E-state index < -0.39 is 47.2 Å². The number of ether oxygens (including phenoxy) is 2. The molecule has 8 rings (SSSR count). The van der Waals surface area contributed by atoms with Gasteiger partial charge in [0.15, 0.2) is 0 Å². The van der Waals surface area contributed by atoms with Crippen molar-refractivity contribution in [1.29, 1.82) is 0 Å². The van der Waals surface area contributed by atoms with Crippen molar-refractivity contribution < 1.29 is 38.6 Å². The SMILES string of the molecule is CCn1c(-c2cccnc2[C@H](C)OC)c2c3cc(ccc31)-c1cc(O)cc(c1)C[C@H](NC(=O)C(C(C)C)N(C)C(=O)[C@H]1CCN(C(=O)[C@H]3CN3)[C@H]1C)C(=O)N1CCC[C@H](N1)C(=O)OCC(C)(C)C2. The molecule has 4 amide bonds. The van der Waals surface area contributed by atoms with E-state index in [9.17, 15) is 29.1 Å². The molecule has 1 unspecified atom stereocenters. The Labute approximate surface area is 399 Å². The largest absolute Gasteiger partial charge is 0.508 e. The summed E-state index contributed by atoms with van der Waals surface area (Å²) < 4.78 is 14.2. The monoisotopic (exact) mass is 933 g/mol. The fraction of sp³-hybridized carbons (Fsp3) is 0.538. The molecule has 16 heteroatoms. The third-order valence-electron chi connectivity index (χ3n) is 14.4. The van der Waals surface area contributed by atoms with Crippen LogP contribution in [0, 0.1) is 17.3 Å². The van der Waals surface area contributed by atoms with E-state index in [2.05, 4.69) is 59.6 Å². The minimum atomic E-state index is -1.16. The number of cyclic esters (lactones) is 1. The summed E-state index contributed by atoms with van der Waals surface area (Å²) in [7, 11) is 3.28. The number of hydrogen-bond acceptors (Lipinski definition) is 11. The van der Waals surface area contributed by atoms with Gasteiger partial charge in [-0.05, 0) is 111 Å². The number of nitrogens with zero attached hydrogens (tertiary/aromatic N) is 5. The highest BCUT2D eigenvalue weighted by molar-refractivity contribution is 5.96. The van der Waals surface area contributed by atoms with Crippen molar-refractivity contribution in [2.75, 3.05) is 40.4 Å². The minimum absolute atomic E-state index is 0.00676. The Balaban J connectivity index is 1.18. The third kappa shape index (κ3) is 9.72. The van der Waals surface area contributed by atoms with Gasteiger partial charge in [0, 0.05) is 80.9 Å². The van der Waals surface area contributed by atoms with Crippen LogP contribution < -0.4 is 16.1 Å². The first kappa shape index (κ1) is 48.6. The molecule has 2 aromatic carbocycles. The van der Waals surface area contributed by atoms with Crippen LogP contribution in [0.1, 0.15) is 90.7 Å². The third-order valence-corrected chi connectivity index (χ3v) is 14.4. The number of likely N-dealkylation sites (tertiary alicyclic amines) is 1. The number of benzene rings is 2. The summed E-state index contributed by atoms with van der Waals surface area (Å²) in [5.74, 6) is -2.56. The van der Waals surface area contributed by atoms with Crippen LogP contribution in [-0.2, 0) is 52.8 Å². The van der Waals surface area contributed by atoms with Gasteiger partial charge in [-0.3, -0.25) is 34.0 Å². The van der Waals surface area contributed by atoms with Crippen LogP contribution in [0.15, 0.2) is 54.7 Å². The van der Waals surface area contributed by atoms with Crippen LogP contribution in [0.2, 0.25) is 0 Å². The van der Waals surface area contributed by atoms with E-state index >= 15 is 0 Å². The molecule has 3 saturated heterocycles. The highest BCUT2D eigenvalue weighted by atomic mass is 16.5. The molecule has 0 radical (unpaired) electrons. The molecular weight excluding hydrogens is 865 g/mol. The van der Waals surface area contributed by atoms with Gasteiger partial charge >= 0.3 is 5.97 Å². The molecule has 7 atom stereocenters. The number of methoxy groups -OCH3 is 1. The van der Waals surface area contributed by atoms with Gasteiger partial charge in [-0.25, -0.2) is 5.43 Å². The van der Waals surface area contributed by atoms with Crippen molar-refractivity contribution in [1.82, 2.24) is 40.4 Å². The van der Waals surface area contributed by atoms with Crippen molar-refractivity contribution in [2.24, 2.45) is 17.3 Å². The lowest BCUT2D eigenvalue weighted by molar-refractivity contribution is -0.155. The zero-order valence-corrected chi connectivity index (χ0v) is 40.9. The number of nitrogens with one attached hydrogen (secondary N) is 3. The molecule has 0 spiro atoms. The number of hydrazine groups is 1. The van der Waals surface area contributed by atoms with Gasteiger partial charge in [0.1, 0.15) is 23.9 Å². The van der Waals surface area contributed by atoms with Crippen LogP contribution in [0.4, 0.5) is 0 Å².